The SMILES string of the molecule is O=C(Nc1cccnc1)c1ccc2nc(-c3ccc(C(=O)NC45CC6CC(CC(C6)C4)C5)cc3)[nH]c2c1.O=C(Nc1cccnc1)c1ccc2nc(-c3ccc(C(=O)NC4C5CC6CC(C5)CC4C6)cc3)[nH]c2c1.O=C(Nc1cccnc1)c1ccc2nc(-c3ccc(C(=O)NC4CCCCC4)cc3)[nH]c2c1.O=C(Nc1cccnc1)c1ccc2nc(-c3ccc(C(=O)NC4CCCCCC4)cc3)[nH]c2c1. The smallest absolute Gasteiger partial charge is 0.255 e. The van der Waals surface area contributed by atoms with Gasteiger partial charge in [0, 0.05) is 115 Å². The predicted molar refractivity (Wildman–Crippen MR) is 545 cm³/mol. The molecule has 8 heterocycles. The predicted octanol–water partition coefficient (Wildman–Crippen LogP) is 21.3. The summed E-state index contributed by atoms with van der Waals surface area (Å²) in [6.45, 7) is 0. The van der Waals surface area contributed by atoms with Crippen molar-refractivity contribution in [2.75, 3.05) is 21.3 Å². The van der Waals surface area contributed by atoms with Crippen molar-refractivity contribution in [3.8, 4) is 45.6 Å². The normalized spacial score (nSPS) is 20.3. The van der Waals surface area contributed by atoms with Gasteiger partial charge in [0.2, 0.25) is 0 Å². The minimum atomic E-state index is -0.214. The molecule has 8 bridgehead atoms. The molecule has 12 N–H and O–H groups in total. The number of imidazole rings is 4. The van der Waals surface area contributed by atoms with E-state index >= 15 is 0 Å². The average molecular weight is 1880 g/mol. The third-order valence-electron chi connectivity index (χ3n) is 29.4. The molecule has 0 radical (unpaired) electrons. The van der Waals surface area contributed by atoms with Crippen LogP contribution in [-0.2, 0) is 0 Å². The number of carbonyl (C=O) groups excluding carboxylic acids is 8. The zero-order chi connectivity index (χ0) is 95.9. The highest BCUT2D eigenvalue weighted by atomic mass is 16.2. The largest absolute Gasteiger partial charge is 0.349 e. The van der Waals surface area contributed by atoms with Gasteiger partial charge in [-0.25, -0.2) is 19.9 Å². The monoisotopic (exact) mass is 1870 g/mol. The summed E-state index contributed by atoms with van der Waals surface area (Å²) in [4.78, 5) is 150. The first-order valence-electron chi connectivity index (χ1n) is 49.4. The van der Waals surface area contributed by atoms with Crippen molar-refractivity contribution in [2.24, 2.45) is 41.4 Å². The summed E-state index contributed by atoms with van der Waals surface area (Å²) in [5.74, 6) is 7.44. The van der Waals surface area contributed by atoms with Gasteiger partial charge in [0.25, 0.3) is 47.3 Å². The molecule has 28 heteroatoms. The summed E-state index contributed by atoms with van der Waals surface area (Å²) in [7, 11) is 0. The molecule has 8 amide bonds. The van der Waals surface area contributed by atoms with Crippen LogP contribution in [-0.4, -0.2) is 131 Å². The molecular weight excluding hydrogens is 1770 g/mol. The number of aromatic nitrogens is 12. The van der Waals surface area contributed by atoms with Gasteiger partial charge in [0.1, 0.15) is 23.3 Å². The van der Waals surface area contributed by atoms with Crippen LogP contribution in [0.3, 0.4) is 0 Å². The Balaban J connectivity index is 0.000000112. The minimum Gasteiger partial charge on any atom is -0.349 e. The number of hydrogen-bond acceptors (Lipinski definition) is 16. The van der Waals surface area contributed by atoms with Crippen LogP contribution in [0.5, 0.6) is 0 Å². The van der Waals surface area contributed by atoms with Gasteiger partial charge in [-0.05, 0) is 308 Å². The molecule has 10 aliphatic rings. The molecule has 10 saturated carbocycles. The molecule has 26 rings (SSSR count). The first-order chi connectivity index (χ1) is 68.9. The van der Waals surface area contributed by atoms with E-state index in [-0.39, 0.29) is 64.9 Å². The lowest BCUT2D eigenvalue weighted by Crippen LogP contribution is -2.59. The Morgan fingerprint density at radius 1 is 0.270 bits per heavy atom. The van der Waals surface area contributed by atoms with E-state index in [1.165, 1.54) is 96.3 Å². The lowest BCUT2D eigenvalue weighted by atomic mass is 9.53. The number of H-pyrrole nitrogens is 4. The van der Waals surface area contributed by atoms with E-state index in [4.69, 9.17) is 4.98 Å². The van der Waals surface area contributed by atoms with E-state index in [1.807, 2.05) is 121 Å². The number of amides is 8. The molecule has 8 aromatic heterocycles. The Hall–Kier alpha value is -16.0. The van der Waals surface area contributed by atoms with E-state index in [0.29, 0.717) is 108 Å². The van der Waals surface area contributed by atoms with E-state index in [0.717, 1.165) is 141 Å². The number of aromatic amines is 4. The fourth-order valence-electron chi connectivity index (χ4n) is 23.0. The molecule has 10 fully saturated rings. The maximum Gasteiger partial charge on any atom is 0.255 e. The zero-order valence-corrected chi connectivity index (χ0v) is 78.1. The Bertz CT molecular complexity index is 7200. The number of fused-ring (bicyclic) bond motifs is 4. The van der Waals surface area contributed by atoms with Crippen LogP contribution >= 0.6 is 0 Å². The van der Waals surface area contributed by atoms with Crippen LogP contribution in [0.4, 0.5) is 22.7 Å². The Labute approximate surface area is 814 Å². The minimum absolute atomic E-state index is 0.00423. The maximum absolute atomic E-state index is 13.2. The maximum atomic E-state index is 13.2. The number of rotatable bonds is 20. The van der Waals surface area contributed by atoms with Crippen molar-refractivity contribution in [1.82, 2.24) is 81.1 Å². The van der Waals surface area contributed by atoms with Gasteiger partial charge in [-0.3, -0.25) is 58.3 Å². The summed E-state index contributed by atoms with van der Waals surface area (Å²) in [6, 6.07) is 66.8. The molecule has 16 aromatic rings. The average Bonchev–Trinajstić information content (AvgIpc) is 1.72. The molecule has 0 unspecified atom stereocenters. The topological polar surface area (TPSA) is 399 Å². The van der Waals surface area contributed by atoms with Crippen molar-refractivity contribution in [1.29, 1.82) is 0 Å². The molecule has 8 aromatic carbocycles. The van der Waals surface area contributed by atoms with Crippen LogP contribution in [0, 0.1) is 41.4 Å². The van der Waals surface area contributed by atoms with Gasteiger partial charge >= 0.3 is 0 Å². The van der Waals surface area contributed by atoms with Crippen molar-refractivity contribution < 1.29 is 38.4 Å². The molecule has 28 nitrogen and oxygen atoms in total. The van der Waals surface area contributed by atoms with Crippen LogP contribution in [0.25, 0.3) is 89.7 Å². The van der Waals surface area contributed by atoms with E-state index in [1.54, 1.807) is 147 Å². The standard InChI is InChI=1S/2C30H29N5O2.C27H27N5O2.C26H25N5O2/c36-28(32-24-2-1-9-31-17-24)23-7-8-25-26(13-23)34-27(33-25)21-3-5-22(6-4-21)29(37)35-30-14-18-10-19(15-30)12-20(11-18)16-30;36-29(35-27-22-11-17-10-18(13-22)14-23(27)12-17)20-5-3-19(4-6-20)28-33-25-8-7-21(15-26(25)34-28)30(37)32-24-2-1-9-31-16-24;33-26(29-21-6-3-1-2-4-7-21)19-11-9-18(10-12-19)25-31-23-14-13-20(16-24(23)32-25)27(34)30-22-8-5-15-28-17-22;32-25(28-20-5-2-1-3-6-20)18-10-8-17(9-11-18)24-30-22-13-12-19(15-23(22)31-24)26(33)29-21-7-4-14-27-16-21/h1-9,13,17-20H,10-12,14-16H2,(H,32,36)(H,33,34)(H,35,37);1-9,15-18,22-23,27H,10-14H2,(H,32,37)(H,33,34)(H,35,36);5,8-17,21H,1-4,6-7H2,(H,29,33)(H,30,34)(H,31,32);4,7-16,20H,1-3,5-6H2,(H,28,32)(H,29,33)(H,30,31). The Kier molecular flexibility index (Phi) is 26.6. The molecule has 141 heavy (non-hydrogen) atoms. The summed E-state index contributed by atoms with van der Waals surface area (Å²) in [5.41, 5.74) is 17.1. The molecule has 0 spiro atoms. The quantitative estimate of drug-likeness (QED) is 0.0315. The Morgan fingerprint density at radius 3 is 0.816 bits per heavy atom. The fourth-order valence-corrected chi connectivity index (χ4v) is 23.0. The zero-order valence-electron chi connectivity index (χ0n) is 78.1. The second kappa shape index (κ2) is 41.0. The molecule has 10 aliphatic carbocycles. The number of pyridine rings is 4. The van der Waals surface area contributed by atoms with Gasteiger partial charge in [-0.1, -0.05) is 93.5 Å². The van der Waals surface area contributed by atoms with Crippen LogP contribution in [0.2, 0.25) is 0 Å². The molecule has 710 valence electrons. The lowest BCUT2D eigenvalue weighted by molar-refractivity contribution is -0.0167. The van der Waals surface area contributed by atoms with E-state index in [2.05, 4.69) is 97.4 Å². The van der Waals surface area contributed by atoms with Crippen molar-refractivity contribution in [2.45, 2.75) is 165 Å². The van der Waals surface area contributed by atoms with Gasteiger partial charge in [-0.15, -0.1) is 0 Å². The Morgan fingerprint density at radius 2 is 0.532 bits per heavy atom. The van der Waals surface area contributed by atoms with Crippen molar-refractivity contribution >= 4 is 114 Å². The molecule has 0 saturated heterocycles. The number of carbonyl (C=O) groups is 8. The molecular formula is C113H110N20O8. The van der Waals surface area contributed by atoms with Crippen molar-refractivity contribution in [3.05, 3.63) is 312 Å². The van der Waals surface area contributed by atoms with Gasteiger partial charge in [-0.2, -0.15) is 0 Å². The highest BCUT2D eigenvalue weighted by molar-refractivity contribution is 6.09. The highest BCUT2D eigenvalue weighted by Crippen LogP contribution is 2.56. The summed E-state index contributed by atoms with van der Waals surface area (Å²) in [5, 5.41) is 24.5. The first kappa shape index (κ1) is 91.4. The van der Waals surface area contributed by atoms with E-state index < -0.39 is 0 Å². The highest BCUT2D eigenvalue weighted by Gasteiger charge is 2.52. The third-order valence-corrected chi connectivity index (χ3v) is 29.4. The third kappa shape index (κ3) is 21.5. The summed E-state index contributed by atoms with van der Waals surface area (Å²) < 4.78 is 0. The fraction of sp³-hybridized carbons (Fsp3) is 0.292. The first-order valence-corrected chi connectivity index (χ1v) is 49.4. The summed E-state index contributed by atoms with van der Waals surface area (Å²) in [6.07, 6.45) is 39.9. The number of benzene rings is 8. The van der Waals surface area contributed by atoms with Crippen molar-refractivity contribution in [3.63, 3.8) is 0 Å². The van der Waals surface area contributed by atoms with Gasteiger partial charge in [0.15, 0.2) is 0 Å². The number of nitrogens with zero attached hydrogens (tertiary/aromatic N) is 8. The van der Waals surface area contributed by atoms with E-state index in [9.17, 15) is 38.4 Å². The number of anilines is 4. The van der Waals surface area contributed by atoms with Crippen LogP contribution < -0.4 is 42.5 Å². The second-order valence-electron chi connectivity index (χ2n) is 39.4. The van der Waals surface area contributed by atoms with Crippen LogP contribution in [0.15, 0.2) is 268 Å². The van der Waals surface area contributed by atoms with Crippen LogP contribution in [0.1, 0.15) is 224 Å². The lowest BCUT2D eigenvalue weighted by Gasteiger charge is -2.56. The van der Waals surface area contributed by atoms with Gasteiger partial charge < -0.3 is 62.5 Å². The number of hydrogen-bond donors (Lipinski definition) is 12. The second-order valence-corrected chi connectivity index (χ2v) is 39.4. The molecule has 0 atom stereocenters. The number of nitrogens with one attached hydrogen (secondary N) is 12. The summed E-state index contributed by atoms with van der Waals surface area (Å²) >= 11 is 0. The van der Waals surface area contributed by atoms with Gasteiger partial charge in [0.05, 0.1) is 91.7 Å². The molecule has 0 aliphatic heterocycles.